The van der Waals surface area contributed by atoms with Gasteiger partial charge in [-0.05, 0) is 12.1 Å². The van der Waals surface area contributed by atoms with Crippen LogP contribution in [-0.2, 0) is 0 Å². The van der Waals surface area contributed by atoms with Crippen LogP contribution in [0.4, 0.5) is 5.69 Å². The summed E-state index contributed by atoms with van der Waals surface area (Å²) in [6.07, 6.45) is 0. The monoisotopic (exact) mass is 200 g/mol. The Hall–Kier alpha value is -1.42. The van der Waals surface area contributed by atoms with E-state index in [1.165, 1.54) is 0 Å². The third kappa shape index (κ3) is 2.03. The Morgan fingerprint density at radius 1 is 1.54 bits per heavy atom. The first-order valence-corrected chi connectivity index (χ1v) is 4.07. The molecule has 0 aliphatic carbocycles. The Morgan fingerprint density at radius 2 is 2.23 bits per heavy atom. The molecule has 0 aliphatic rings. The molecule has 4 nitrogen and oxygen atoms in total. The van der Waals surface area contributed by atoms with E-state index >= 15 is 0 Å². The minimum Gasteiger partial charge on any atom is -0.477 e. The summed E-state index contributed by atoms with van der Waals surface area (Å²) in [5.74, 6) is -0.319. The van der Waals surface area contributed by atoms with Gasteiger partial charge in [-0.1, -0.05) is 17.7 Å². The third-order valence-electron chi connectivity index (χ3n) is 1.51. The van der Waals surface area contributed by atoms with Gasteiger partial charge in [-0.3, -0.25) is 4.79 Å². The summed E-state index contributed by atoms with van der Waals surface area (Å²) < 4.78 is 4.96. The number of ether oxygens (including phenoxy) is 1. The molecule has 0 aromatic heterocycles. The SMILES string of the molecule is NC(=O)c1c(N)cccc1OCCl. The molecule has 0 heterocycles. The molecule has 0 atom stereocenters. The minimum atomic E-state index is -0.627. The highest BCUT2D eigenvalue weighted by Gasteiger charge is 2.12. The number of hydrogen-bond donors (Lipinski definition) is 2. The summed E-state index contributed by atoms with van der Waals surface area (Å²) in [7, 11) is 0. The molecular formula is C8H9ClN2O2. The van der Waals surface area contributed by atoms with Crippen molar-refractivity contribution in [2.24, 2.45) is 5.73 Å². The predicted octanol–water partition coefficient (Wildman–Crippen LogP) is 0.943. The number of benzene rings is 1. The number of carbonyl (C=O) groups is 1. The van der Waals surface area contributed by atoms with E-state index in [-0.39, 0.29) is 17.3 Å². The zero-order chi connectivity index (χ0) is 9.84. The standard InChI is InChI=1S/C8H9ClN2O2/c9-4-13-6-3-1-2-5(10)7(6)8(11)12/h1-3H,4,10H2,(H2,11,12). The van der Waals surface area contributed by atoms with Gasteiger partial charge in [-0.15, -0.1) is 0 Å². The van der Waals surface area contributed by atoms with E-state index in [0.29, 0.717) is 5.75 Å². The summed E-state index contributed by atoms with van der Waals surface area (Å²) >= 11 is 5.35. The van der Waals surface area contributed by atoms with Gasteiger partial charge in [0.1, 0.15) is 11.3 Å². The zero-order valence-electron chi connectivity index (χ0n) is 6.79. The van der Waals surface area contributed by atoms with Crippen LogP contribution in [0.1, 0.15) is 10.4 Å². The molecule has 0 saturated carbocycles. The van der Waals surface area contributed by atoms with Crippen molar-refractivity contribution in [1.82, 2.24) is 0 Å². The zero-order valence-corrected chi connectivity index (χ0v) is 7.54. The molecule has 4 N–H and O–H groups in total. The highest BCUT2D eigenvalue weighted by molar-refractivity contribution is 6.17. The highest BCUT2D eigenvalue weighted by atomic mass is 35.5. The molecule has 0 spiro atoms. The largest absolute Gasteiger partial charge is 0.477 e. The number of anilines is 1. The van der Waals surface area contributed by atoms with Gasteiger partial charge in [0.15, 0.2) is 6.07 Å². The lowest BCUT2D eigenvalue weighted by atomic mass is 10.1. The predicted molar refractivity (Wildman–Crippen MR) is 50.7 cm³/mol. The maximum atomic E-state index is 10.9. The van der Waals surface area contributed by atoms with Crippen LogP contribution in [0.25, 0.3) is 0 Å². The fourth-order valence-corrected chi connectivity index (χ4v) is 1.11. The number of amides is 1. The van der Waals surface area contributed by atoms with Crippen molar-refractivity contribution < 1.29 is 9.53 Å². The van der Waals surface area contributed by atoms with Gasteiger partial charge in [0.25, 0.3) is 5.91 Å². The van der Waals surface area contributed by atoms with E-state index in [1.54, 1.807) is 18.2 Å². The Labute approximate surface area is 80.4 Å². The van der Waals surface area contributed by atoms with E-state index in [1.807, 2.05) is 0 Å². The van der Waals surface area contributed by atoms with Gasteiger partial charge < -0.3 is 16.2 Å². The Morgan fingerprint density at radius 3 is 2.77 bits per heavy atom. The maximum Gasteiger partial charge on any atom is 0.254 e. The van der Waals surface area contributed by atoms with Gasteiger partial charge in [0.05, 0.1) is 0 Å². The van der Waals surface area contributed by atoms with Crippen molar-refractivity contribution in [1.29, 1.82) is 0 Å². The van der Waals surface area contributed by atoms with Gasteiger partial charge >= 0.3 is 0 Å². The number of rotatable bonds is 3. The number of alkyl halides is 1. The second kappa shape index (κ2) is 4.00. The van der Waals surface area contributed by atoms with E-state index < -0.39 is 5.91 Å². The number of carbonyl (C=O) groups excluding carboxylic acids is 1. The second-order valence-corrected chi connectivity index (χ2v) is 2.56. The van der Waals surface area contributed by atoms with Crippen LogP contribution in [0.2, 0.25) is 0 Å². The fourth-order valence-electron chi connectivity index (χ4n) is 0.991. The van der Waals surface area contributed by atoms with Gasteiger partial charge in [0.2, 0.25) is 0 Å². The van der Waals surface area contributed by atoms with Crippen molar-refractivity contribution in [3.63, 3.8) is 0 Å². The summed E-state index contributed by atoms with van der Waals surface area (Å²) in [4.78, 5) is 10.9. The summed E-state index contributed by atoms with van der Waals surface area (Å²) in [5.41, 5.74) is 11.1. The number of primary amides is 1. The van der Waals surface area contributed by atoms with Crippen LogP contribution in [0.3, 0.4) is 0 Å². The molecule has 0 radical (unpaired) electrons. The molecule has 70 valence electrons. The van der Waals surface area contributed by atoms with Crippen molar-refractivity contribution in [3.8, 4) is 5.75 Å². The quantitative estimate of drug-likeness (QED) is 0.563. The summed E-state index contributed by atoms with van der Waals surface area (Å²) in [5, 5.41) is 0. The van der Waals surface area contributed by atoms with E-state index in [0.717, 1.165) is 0 Å². The molecule has 1 aromatic carbocycles. The molecule has 5 heteroatoms. The Kier molecular flexibility index (Phi) is 2.97. The molecular weight excluding hydrogens is 192 g/mol. The molecule has 1 rings (SSSR count). The lowest BCUT2D eigenvalue weighted by Gasteiger charge is -2.08. The number of nitrogen functional groups attached to an aromatic ring is 1. The van der Waals surface area contributed by atoms with Crippen LogP contribution >= 0.6 is 11.6 Å². The number of halogens is 1. The molecule has 0 unspecified atom stereocenters. The lowest BCUT2D eigenvalue weighted by molar-refractivity contribution is 0.0998. The molecule has 0 fully saturated rings. The van der Waals surface area contributed by atoms with E-state index in [4.69, 9.17) is 27.8 Å². The highest BCUT2D eigenvalue weighted by Crippen LogP contribution is 2.23. The van der Waals surface area contributed by atoms with Crippen molar-refractivity contribution >= 4 is 23.2 Å². The normalized spacial score (nSPS) is 9.62. The molecule has 0 aliphatic heterocycles. The van der Waals surface area contributed by atoms with Crippen LogP contribution in [0.5, 0.6) is 5.75 Å². The van der Waals surface area contributed by atoms with Gasteiger partial charge in [-0.2, -0.15) is 0 Å². The first kappa shape index (κ1) is 9.67. The van der Waals surface area contributed by atoms with Crippen molar-refractivity contribution in [2.75, 3.05) is 11.8 Å². The van der Waals surface area contributed by atoms with Crippen LogP contribution in [0.15, 0.2) is 18.2 Å². The van der Waals surface area contributed by atoms with Crippen LogP contribution in [-0.4, -0.2) is 12.0 Å². The number of hydrogen-bond acceptors (Lipinski definition) is 3. The third-order valence-corrected chi connectivity index (χ3v) is 1.62. The average molecular weight is 201 g/mol. The molecule has 1 aromatic rings. The van der Waals surface area contributed by atoms with Crippen molar-refractivity contribution in [3.05, 3.63) is 23.8 Å². The first-order valence-electron chi connectivity index (χ1n) is 3.54. The van der Waals surface area contributed by atoms with E-state index in [9.17, 15) is 4.79 Å². The maximum absolute atomic E-state index is 10.9. The smallest absolute Gasteiger partial charge is 0.254 e. The van der Waals surface area contributed by atoms with E-state index in [2.05, 4.69) is 0 Å². The fraction of sp³-hybridized carbons (Fsp3) is 0.125. The number of nitrogens with two attached hydrogens (primary N) is 2. The first-order chi connectivity index (χ1) is 6.16. The molecule has 0 saturated heterocycles. The Balaban J connectivity index is 3.17. The molecule has 0 bridgehead atoms. The Bertz CT molecular complexity index is 328. The lowest BCUT2D eigenvalue weighted by Crippen LogP contribution is -2.15. The average Bonchev–Trinajstić information content (AvgIpc) is 2.04. The molecule has 13 heavy (non-hydrogen) atoms. The van der Waals surface area contributed by atoms with Gasteiger partial charge in [0, 0.05) is 5.69 Å². The van der Waals surface area contributed by atoms with Crippen LogP contribution in [0, 0.1) is 0 Å². The molecule has 1 amide bonds. The summed E-state index contributed by atoms with van der Waals surface area (Å²) in [6, 6.07) is 4.76. The van der Waals surface area contributed by atoms with Gasteiger partial charge in [-0.25, -0.2) is 0 Å². The van der Waals surface area contributed by atoms with Crippen LogP contribution < -0.4 is 16.2 Å². The second-order valence-electron chi connectivity index (χ2n) is 2.34. The van der Waals surface area contributed by atoms with Crippen molar-refractivity contribution in [2.45, 2.75) is 0 Å². The summed E-state index contributed by atoms with van der Waals surface area (Å²) in [6.45, 7) is 0. The minimum absolute atomic E-state index is 0.0519. The topological polar surface area (TPSA) is 78.3 Å².